The Labute approximate surface area is 167 Å². The van der Waals surface area contributed by atoms with E-state index in [2.05, 4.69) is 4.99 Å². The SMILES string of the molecule is CCOc1ccc2c(c1)sc(=NC(=O)c1ccccc1C)n2CCC(=O)OC. The molecular weight excluding hydrogens is 376 g/mol. The van der Waals surface area contributed by atoms with E-state index in [1.807, 2.05) is 54.8 Å². The van der Waals surface area contributed by atoms with E-state index >= 15 is 0 Å². The standard InChI is InChI=1S/C21H22N2O4S/c1-4-27-15-9-10-17-18(13-15)28-21(23(17)12-11-19(24)26-3)22-20(25)16-8-6-5-7-14(16)2/h5-10,13H,4,11-12H2,1-3H3. The molecule has 1 heterocycles. The minimum absolute atomic E-state index is 0.196. The van der Waals surface area contributed by atoms with Crippen molar-refractivity contribution in [3.8, 4) is 5.75 Å². The summed E-state index contributed by atoms with van der Waals surface area (Å²) in [5.41, 5.74) is 2.33. The molecule has 3 rings (SSSR count). The second-order valence-electron chi connectivity index (χ2n) is 6.16. The fourth-order valence-corrected chi connectivity index (χ4v) is 3.96. The van der Waals surface area contributed by atoms with Crippen LogP contribution in [0.15, 0.2) is 47.5 Å². The van der Waals surface area contributed by atoms with Gasteiger partial charge in [-0.05, 0) is 43.7 Å². The quantitative estimate of drug-likeness (QED) is 0.594. The van der Waals surface area contributed by atoms with E-state index in [0.717, 1.165) is 21.5 Å². The normalized spacial score (nSPS) is 11.6. The lowest BCUT2D eigenvalue weighted by atomic mass is 10.1. The highest BCUT2D eigenvalue weighted by molar-refractivity contribution is 7.16. The van der Waals surface area contributed by atoms with Gasteiger partial charge in [0.2, 0.25) is 0 Å². The highest BCUT2D eigenvalue weighted by atomic mass is 32.1. The Bertz CT molecular complexity index is 1080. The molecule has 28 heavy (non-hydrogen) atoms. The molecule has 146 valence electrons. The summed E-state index contributed by atoms with van der Waals surface area (Å²) in [6.45, 7) is 4.76. The van der Waals surface area contributed by atoms with Crippen LogP contribution in [0, 0.1) is 6.92 Å². The maximum Gasteiger partial charge on any atom is 0.307 e. The van der Waals surface area contributed by atoms with Crippen molar-refractivity contribution in [3.05, 3.63) is 58.4 Å². The predicted octanol–water partition coefficient (Wildman–Crippen LogP) is 3.71. The maximum absolute atomic E-state index is 12.7. The van der Waals surface area contributed by atoms with E-state index in [4.69, 9.17) is 9.47 Å². The Morgan fingerprint density at radius 3 is 2.68 bits per heavy atom. The average Bonchev–Trinajstić information content (AvgIpc) is 3.02. The van der Waals surface area contributed by atoms with Crippen LogP contribution in [0.25, 0.3) is 10.2 Å². The van der Waals surface area contributed by atoms with Crippen LogP contribution in [0.2, 0.25) is 0 Å². The number of hydrogen-bond donors (Lipinski definition) is 0. The molecule has 0 aliphatic carbocycles. The lowest BCUT2D eigenvalue weighted by Gasteiger charge is -2.06. The van der Waals surface area contributed by atoms with Crippen molar-refractivity contribution in [3.63, 3.8) is 0 Å². The molecule has 0 unspecified atom stereocenters. The molecule has 0 atom stereocenters. The van der Waals surface area contributed by atoms with Crippen molar-refractivity contribution in [2.75, 3.05) is 13.7 Å². The fraction of sp³-hybridized carbons (Fsp3) is 0.286. The zero-order valence-corrected chi connectivity index (χ0v) is 16.9. The summed E-state index contributed by atoms with van der Waals surface area (Å²) < 4.78 is 13.1. The van der Waals surface area contributed by atoms with E-state index < -0.39 is 0 Å². The van der Waals surface area contributed by atoms with Gasteiger partial charge in [-0.25, -0.2) is 0 Å². The first-order valence-corrected chi connectivity index (χ1v) is 9.82. The third-order valence-electron chi connectivity index (χ3n) is 4.31. The Morgan fingerprint density at radius 1 is 1.18 bits per heavy atom. The molecule has 0 spiro atoms. The third-order valence-corrected chi connectivity index (χ3v) is 5.35. The molecule has 7 heteroatoms. The molecule has 1 aromatic heterocycles. The fourth-order valence-electron chi connectivity index (χ4n) is 2.88. The smallest absolute Gasteiger partial charge is 0.307 e. The van der Waals surface area contributed by atoms with E-state index in [1.165, 1.54) is 18.4 Å². The number of amides is 1. The number of ether oxygens (including phenoxy) is 2. The van der Waals surface area contributed by atoms with E-state index in [0.29, 0.717) is 23.5 Å². The Balaban J connectivity index is 2.09. The number of hydrogen-bond acceptors (Lipinski definition) is 5. The van der Waals surface area contributed by atoms with Gasteiger partial charge in [0.15, 0.2) is 4.80 Å². The van der Waals surface area contributed by atoms with Crippen molar-refractivity contribution in [2.24, 2.45) is 4.99 Å². The zero-order chi connectivity index (χ0) is 20.1. The Morgan fingerprint density at radius 2 is 1.96 bits per heavy atom. The first-order chi connectivity index (χ1) is 13.5. The van der Waals surface area contributed by atoms with Gasteiger partial charge < -0.3 is 14.0 Å². The summed E-state index contributed by atoms with van der Waals surface area (Å²) in [6, 6.07) is 13.1. The molecule has 0 radical (unpaired) electrons. The summed E-state index contributed by atoms with van der Waals surface area (Å²) in [6.07, 6.45) is 0.196. The third kappa shape index (κ3) is 4.31. The van der Waals surface area contributed by atoms with E-state index in [9.17, 15) is 9.59 Å². The molecule has 0 aliphatic rings. The van der Waals surface area contributed by atoms with E-state index in [1.54, 1.807) is 6.07 Å². The van der Waals surface area contributed by atoms with Crippen LogP contribution in [-0.2, 0) is 16.1 Å². The first kappa shape index (κ1) is 19.8. The largest absolute Gasteiger partial charge is 0.494 e. The summed E-state index contributed by atoms with van der Waals surface area (Å²) in [4.78, 5) is 29.3. The van der Waals surface area contributed by atoms with Gasteiger partial charge in [-0.3, -0.25) is 9.59 Å². The number of nitrogens with zero attached hydrogens (tertiary/aromatic N) is 2. The molecule has 1 amide bonds. The van der Waals surface area contributed by atoms with Crippen LogP contribution in [0.4, 0.5) is 0 Å². The lowest BCUT2D eigenvalue weighted by Crippen LogP contribution is -2.19. The summed E-state index contributed by atoms with van der Waals surface area (Å²) in [7, 11) is 1.36. The number of carbonyl (C=O) groups excluding carboxylic acids is 2. The molecule has 0 saturated heterocycles. The Kier molecular flexibility index (Phi) is 6.26. The number of rotatable bonds is 6. The number of esters is 1. The van der Waals surface area contributed by atoms with Gasteiger partial charge in [0.25, 0.3) is 5.91 Å². The number of fused-ring (bicyclic) bond motifs is 1. The van der Waals surface area contributed by atoms with Gasteiger partial charge >= 0.3 is 5.97 Å². The molecular formula is C21H22N2O4S. The lowest BCUT2D eigenvalue weighted by molar-refractivity contribution is -0.140. The van der Waals surface area contributed by atoms with Crippen LogP contribution in [-0.4, -0.2) is 30.2 Å². The van der Waals surface area contributed by atoms with Gasteiger partial charge in [-0.1, -0.05) is 29.5 Å². The number of aromatic nitrogens is 1. The highest BCUT2D eigenvalue weighted by Gasteiger charge is 2.13. The van der Waals surface area contributed by atoms with Crippen molar-refractivity contribution >= 4 is 33.4 Å². The topological polar surface area (TPSA) is 69.9 Å². The molecule has 6 nitrogen and oxygen atoms in total. The average molecular weight is 398 g/mol. The van der Waals surface area contributed by atoms with Crippen molar-refractivity contribution in [1.82, 2.24) is 4.57 Å². The van der Waals surface area contributed by atoms with Gasteiger partial charge in [0.1, 0.15) is 5.75 Å². The number of aryl methyl sites for hydroxylation is 2. The summed E-state index contributed by atoms with van der Waals surface area (Å²) >= 11 is 1.40. The minimum atomic E-state index is -0.311. The van der Waals surface area contributed by atoms with Crippen LogP contribution >= 0.6 is 11.3 Å². The van der Waals surface area contributed by atoms with E-state index in [-0.39, 0.29) is 18.3 Å². The molecule has 0 fully saturated rings. The van der Waals surface area contributed by atoms with Crippen molar-refractivity contribution < 1.29 is 19.1 Å². The number of methoxy groups -OCH3 is 1. The van der Waals surface area contributed by atoms with Crippen LogP contribution in [0.1, 0.15) is 29.3 Å². The molecule has 0 bridgehead atoms. The van der Waals surface area contributed by atoms with Gasteiger partial charge in [0, 0.05) is 12.1 Å². The number of thiazole rings is 1. The number of carbonyl (C=O) groups is 2. The molecule has 0 saturated carbocycles. The van der Waals surface area contributed by atoms with Crippen LogP contribution in [0.3, 0.4) is 0 Å². The monoisotopic (exact) mass is 398 g/mol. The van der Waals surface area contributed by atoms with Crippen molar-refractivity contribution in [2.45, 2.75) is 26.8 Å². The molecule has 3 aromatic rings. The maximum atomic E-state index is 12.7. The highest BCUT2D eigenvalue weighted by Crippen LogP contribution is 2.24. The molecule has 0 aliphatic heterocycles. The molecule has 2 aromatic carbocycles. The van der Waals surface area contributed by atoms with Crippen LogP contribution < -0.4 is 9.54 Å². The van der Waals surface area contributed by atoms with Gasteiger partial charge in [0.05, 0.1) is 30.4 Å². The van der Waals surface area contributed by atoms with Gasteiger partial charge in [-0.2, -0.15) is 4.99 Å². The second kappa shape index (κ2) is 8.84. The predicted molar refractivity (Wildman–Crippen MR) is 109 cm³/mol. The van der Waals surface area contributed by atoms with Crippen molar-refractivity contribution in [1.29, 1.82) is 0 Å². The molecule has 0 N–H and O–H groups in total. The Hall–Kier alpha value is -2.93. The number of benzene rings is 2. The minimum Gasteiger partial charge on any atom is -0.494 e. The van der Waals surface area contributed by atoms with Crippen LogP contribution in [0.5, 0.6) is 5.75 Å². The first-order valence-electron chi connectivity index (χ1n) is 9.01. The zero-order valence-electron chi connectivity index (χ0n) is 16.1. The summed E-state index contributed by atoms with van der Waals surface area (Å²) in [5, 5.41) is 0. The summed E-state index contributed by atoms with van der Waals surface area (Å²) in [5.74, 6) is 0.142. The second-order valence-corrected chi connectivity index (χ2v) is 7.17. The van der Waals surface area contributed by atoms with Gasteiger partial charge in [-0.15, -0.1) is 0 Å².